The van der Waals surface area contributed by atoms with Gasteiger partial charge in [-0.25, -0.2) is 0 Å². The molecule has 3 aromatic heterocycles. The van der Waals surface area contributed by atoms with E-state index in [0.717, 1.165) is 38.3 Å². The zero-order valence-corrected chi connectivity index (χ0v) is 18.6. The number of carbonyl (C=O) groups is 1. The Morgan fingerprint density at radius 3 is 2.54 bits per heavy atom. The van der Waals surface area contributed by atoms with Crippen molar-refractivity contribution in [2.75, 3.05) is 13.2 Å². The number of ether oxygens (including phenoxy) is 1. The van der Waals surface area contributed by atoms with Gasteiger partial charge in [-0.1, -0.05) is 48.5 Å². The number of aliphatic hydroxyl groups is 1. The van der Waals surface area contributed by atoms with E-state index in [4.69, 9.17) is 4.74 Å². The van der Waals surface area contributed by atoms with Crippen LogP contribution >= 0.6 is 0 Å². The van der Waals surface area contributed by atoms with Gasteiger partial charge < -0.3 is 15.2 Å². The molecule has 0 aliphatic carbocycles. The maximum Gasteiger partial charge on any atom is 0.263 e. The van der Waals surface area contributed by atoms with Gasteiger partial charge in [0.25, 0.3) is 11.5 Å². The lowest BCUT2D eigenvalue weighted by Gasteiger charge is -2.12. The Morgan fingerprint density at radius 2 is 1.71 bits per heavy atom. The molecule has 7 heteroatoms. The van der Waals surface area contributed by atoms with Crippen LogP contribution in [0.5, 0.6) is 5.75 Å². The maximum atomic E-state index is 13.3. The molecule has 1 unspecified atom stereocenters. The highest BCUT2D eigenvalue weighted by Gasteiger charge is 2.18. The van der Waals surface area contributed by atoms with Crippen LogP contribution in [-0.2, 0) is 4.79 Å². The molecule has 1 atom stereocenters. The molecule has 1 amide bonds. The zero-order chi connectivity index (χ0) is 23.9. The monoisotopic (exact) mass is 463 g/mol. The van der Waals surface area contributed by atoms with E-state index in [0.29, 0.717) is 11.1 Å². The minimum atomic E-state index is -0.790. The van der Waals surface area contributed by atoms with Crippen molar-refractivity contribution in [1.82, 2.24) is 14.7 Å². The second-order valence-electron chi connectivity index (χ2n) is 8.44. The van der Waals surface area contributed by atoms with Crippen LogP contribution in [0.15, 0.2) is 89.9 Å². The van der Waals surface area contributed by atoms with Gasteiger partial charge in [0, 0.05) is 34.3 Å². The molecule has 7 nitrogen and oxygen atoms in total. The lowest BCUT2D eigenvalue weighted by atomic mass is 10.1. The van der Waals surface area contributed by atoms with Crippen molar-refractivity contribution in [1.29, 1.82) is 0 Å². The lowest BCUT2D eigenvalue weighted by molar-refractivity contribution is -0.123. The van der Waals surface area contributed by atoms with Crippen molar-refractivity contribution in [2.45, 2.75) is 6.10 Å². The van der Waals surface area contributed by atoms with Gasteiger partial charge in [-0.2, -0.15) is 0 Å². The average molecular weight is 463 g/mol. The Morgan fingerprint density at radius 1 is 0.943 bits per heavy atom. The highest BCUT2D eigenvalue weighted by molar-refractivity contribution is 6.18. The second-order valence-corrected chi connectivity index (χ2v) is 8.44. The fourth-order valence-electron chi connectivity index (χ4n) is 4.64. The number of aliphatic hydroxyl groups excluding tert-OH is 1. The van der Waals surface area contributed by atoms with Gasteiger partial charge in [-0.15, -0.1) is 0 Å². The third kappa shape index (κ3) is 3.53. The van der Waals surface area contributed by atoms with E-state index in [9.17, 15) is 14.7 Å². The topological polar surface area (TPSA) is 92.9 Å². The molecule has 0 spiro atoms. The predicted octanol–water partition coefficient (Wildman–Crippen LogP) is 3.82. The van der Waals surface area contributed by atoms with Gasteiger partial charge in [-0.3, -0.25) is 19.0 Å². The summed E-state index contributed by atoms with van der Waals surface area (Å²) in [6.45, 7) is -0.0972. The first-order chi connectivity index (χ1) is 17.1. The first-order valence-electron chi connectivity index (χ1n) is 11.3. The highest BCUT2D eigenvalue weighted by atomic mass is 16.5. The van der Waals surface area contributed by atoms with E-state index >= 15 is 0 Å². The largest absolute Gasteiger partial charge is 0.484 e. The fraction of sp³-hybridized carbons (Fsp3) is 0.107. The second kappa shape index (κ2) is 8.38. The fourth-order valence-corrected chi connectivity index (χ4v) is 4.64. The van der Waals surface area contributed by atoms with Crippen molar-refractivity contribution < 1.29 is 14.6 Å². The predicted molar refractivity (Wildman–Crippen MR) is 135 cm³/mol. The molecular formula is C28H21N3O4. The summed E-state index contributed by atoms with van der Waals surface area (Å²) in [5, 5.41) is 16.1. The summed E-state index contributed by atoms with van der Waals surface area (Å²) in [5.74, 6) is 0.176. The van der Waals surface area contributed by atoms with Crippen LogP contribution in [0.3, 0.4) is 0 Å². The van der Waals surface area contributed by atoms with E-state index in [1.165, 1.54) is 0 Å². The van der Waals surface area contributed by atoms with E-state index in [-0.39, 0.29) is 24.6 Å². The molecule has 3 heterocycles. The molecule has 0 aliphatic heterocycles. The number of fused-ring (bicyclic) bond motifs is 5. The summed E-state index contributed by atoms with van der Waals surface area (Å²) < 4.78 is 7.44. The quantitative estimate of drug-likeness (QED) is 0.367. The smallest absolute Gasteiger partial charge is 0.263 e. The highest BCUT2D eigenvalue weighted by Crippen LogP contribution is 2.34. The van der Waals surface area contributed by atoms with E-state index in [2.05, 4.69) is 10.3 Å². The summed E-state index contributed by atoms with van der Waals surface area (Å²) in [4.78, 5) is 30.2. The Balaban J connectivity index is 1.28. The van der Waals surface area contributed by atoms with Crippen LogP contribution in [-0.4, -0.2) is 33.6 Å². The van der Waals surface area contributed by atoms with Gasteiger partial charge in [0.1, 0.15) is 5.75 Å². The molecule has 0 bridgehead atoms. The number of aromatic nitrogens is 2. The minimum absolute atomic E-state index is 0.0916. The van der Waals surface area contributed by atoms with Crippen LogP contribution in [0.1, 0.15) is 11.7 Å². The molecule has 172 valence electrons. The molecule has 0 radical (unpaired) electrons. The van der Waals surface area contributed by atoms with Crippen LogP contribution < -0.4 is 15.6 Å². The number of hydrogen-bond acceptors (Lipinski definition) is 5. The standard InChI is InChI=1S/C28H21N3O4/c32-24(17-6-2-1-3-7-17)15-30-25(33)16-35-18-10-11-23-22(14-18)20-12-13-29-26-19-8-4-5-9-21(19)28(34)31(23)27(20)26/h1-14,24,32H,15-16H2,(H,30,33). The summed E-state index contributed by atoms with van der Waals surface area (Å²) in [6.07, 6.45) is 0.953. The first-order valence-corrected chi connectivity index (χ1v) is 11.3. The maximum absolute atomic E-state index is 13.3. The Hall–Kier alpha value is -4.49. The molecule has 6 rings (SSSR count). The number of nitrogens with one attached hydrogen (secondary N) is 1. The van der Waals surface area contributed by atoms with Gasteiger partial charge in [0.15, 0.2) is 6.61 Å². The van der Waals surface area contributed by atoms with E-state index in [1.54, 1.807) is 28.8 Å². The molecule has 3 aromatic carbocycles. The van der Waals surface area contributed by atoms with Crippen LogP contribution in [0, 0.1) is 0 Å². The summed E-state index contributed by atoms with van der Waals surface area (Å²) in [5.41, 5.74) is 2.95. The number of amides is 1. The Labute approximate surface area is 199 Å². The molecule has 0 fully saturated rings. The number of carbonyl (C=O) groups excluding carboxylic acids is 1. The number of pyridine rings is 2. The number of nitrogens with zero attached hydrogens (tertiary/aromatic N) is 2. The van der Waals surface area contributed by atoms with Gasteiger partial charge in [-0.05, 0) is 35.9 Å². The Kier molecular flexibility index (Phi) is 5.04. The number of hydrogen-bond donors (Lipinski definition) is 2. The summed E-state index contributed by atoms with van der Waals surface area (Å²) >= 11 is 0. The number of benzene rings is 3. The van der Waals surface area contributed by atoms with Crippen molar-refractivity contribution in [3.8, 4) is 5.75 Å². The van der Waals surface area contributed by atoms with E-state index < -0.39 is 6.10 Å². The summed E-state index contributed by atoms with van der Waals surface area (Å²) in [7, 11) is 0. The molecule has 35 heavy (non-hydrogen) atoms. The molecule has 0 saturated heterocycles. The SMILES string of the molecule is O=C(COc1ccc2c(c1)c1ccnc3c4ccccc4c(=O)n2c13)NCC(O)c1ccccc1. The molecular weight excluding hydrogens is 442 g/mol. The normalized spacial score (nSPS) is 12.5. The van der Waals surface area contributed by atoms with Crippen molar-refractivity contribution in [3.63, 3.8) is 0 Å². The molecule has 0 aliphatic rings. The lowest BCUT2D eigenvalue weighted by Crippen LogP contribution is -2.32. The van der Waals surface area contributed by atoms with Crippen molar-refractivity contribution in [2.24, 2.45) is 0 Å². The van der Waals surface area contributed by atoms with Gasteiger partial charge >= 0.3 is 0 Å². The van der Waals surface area contributed by atoms with Crippen molar-refractivity contribution >= 4 is 44.0 Å². The third-order valence-corrected chi connectivity index (χ3v) is 6.31. The van der Waals surface area contributed by atoms with Crippen LogP contribution in [0.4, 0.5) is 0 Å². The summed E-state index contributed by atoms with van der Waals surface area (Å²) in [6, 6.07) is 23.9. The van der Waals surface area contributed by atoms with Gasteiger partial charge in [0.2, 0.25) is 0 Å². The van der Waals surface area contributed by atoms with Crippen LogP contribution in [0.25, 0.3) is 38.1 Å². The molecule has 2 N–H and O–H groups in total. The number of rotatable bonds is 6. The van der Waals surface area contributed by atoms with E-state index in [1.807, 2.05) is 60.7 Å². The third-order valence-electron chi connectivity index (χ3n) is 6.31. The first kappa shape index (κ1) is 21.1. The van der Waals surface area contributed by atoms with Gasteiger partial charge in [0.05, 0.1) is 22.7 Å². The average Bonchev–Trinajstić information content (AvgIpc) is 3.24. The molecule has 0 saturated carbocycles. The van der Waals surface area contributed by atoms with Crippen molar-refractivity contribution in [3.05, 3.63) is 101 Å². The minimum Gasteiger partial charge on any atom is -0.484 e. The zero-order valence-electron chi connectivity index (χ0n) is 18.6. The van der Waals surface area contributed by atoms with Crippen LogP contribution in [0.2, 0.25) is 0 Å². The Bertz CT molecular complexity index is 1760. The molecule has 6 aromatic rings.